The van der Waals surface area contributed by atoms with Gasteiger partial charge in [0.1, 0.15) is 29.3 Å². The van der Waals surface area contributed by atoms with E-state index in [9.17, 15) is 27.9 Å². The summed E-state index contributed by atoms with van der Waals surface area (Å²) in [7, 11) is 0. The van der Waals surface area contributed by atoms with Crippen molar-refractivity contribution in [1.82, 2.24) is 4.98 Å². The van der Waals surface area contributed by atoms with Gasteiger partial charge in [0.2, 0.25) is 5.91 Å². The van der Waals surface area contributed by atoms with Crippen molar-refractivity contribution in [1.29, 1.82) is 0 Å². The number of aliphatic hydroxyl groups is 1. The fraction of sp³-hybridized carbons (Fsp3) is 0.250. The van der Waals surface area contributed by atoms with Gasteiger partial charge >= 0.3 is 0 Å². The lowest BCUT2D eigenvalue weighted by atomic mass is 9.84. The standard InChI is InChI=1S/C24H22F4N6O2/c25-15-3-1-13(2-4-15)22(14-7-16(26)9-17(27)8-14)23(33-34-30)24(36)32-21-11-31-10-20(28)19(21)6-5-18(29)12-35/h1-4,7-11,18,22-23,35H,5-6,12,29H2,(H,32,36)/t18-,22?,23?/m0/s1. The topological polar surface area (TPSA) is 137 Å². The summed E-state index contributed by atoms with van der Waals surface area (Å²) in [6, 6.07) is 5.09. The minimum atomic E-state index is -1.61. The van der Waals surface area contributed by atoms with Crippen LogP contribution >= 0.6 is 0 Å². The maximum Gasteiger partial charge on any atom is 0.234 e. The van der Waals surface area contributed by atoms with E-state index in [0.717, 1.165) is 30.5 Å². The predicted octanol–water partition coefficient (Wildman–Crippen LogP) is 4.34. The molecule has 188 valence electrons. The summed E-state index contributed by atoms with van der Waals surface area (Å²) in [5, 5.41) is 15.2. The van der Waals surface area contributed by atoms with Crippen molar-refractivity contribution in [2.75, 3.05) is 11.9 Å². The van der Waals surface area contributed by atoms with Crippen LogP contribution in [0.4, 0.5) is 23.2 Å². The molecule has 1 heterocycles. The third-order valence-electron chi connectivity index (χ3n) is 5.50. The van der Waals surface area contributed by atoms with E-state index in [1.165, 1.54) is 18.3 Å². The van der Waals surface area contributed by atoms with Gasteiger partial charge in [-0.2, -0.15) is 0 Å². The molecule has 3 rings (SSSR count). The Kier molecular flexibility index (Phi) is 8.96. The molecule has 0 spiro atoms. The zero-order chi connectivity index (χ0) is 26.2. The maximum atomic E-state index is 14.5. The minimum Gasteiger partial charge on any atom is -0.395 e. The number of amides is 1. The second-order valence-corrected chi connectivity index (χ2v) is 8.00. The molecule has 2 aromatic carbocycles. The highest BCUT2D eigenvalue weighted by Gasteiger charge is 2.32. The number of aromatic nitrogens is 1. The zero-order valence-electron chi connectivity index (χ0n) is 18.8. The van der Waals surface area contributed by atoms with Crippen LogP contribution in [0.15, 0.2) is 60.0 Å². The molecule has 3 aromatic rings. The third kappa shape index (κ3) is 6.57. The van der Waals surface area contributed by atoms with Gasteiger partial charge in [-0.25, -0.2) is 17.6 Å². The second-order valence-electron chi connectivity index (χ2n) is 8.00. The number of anilines is 1. The van der Waals surface area contributed by atoms with Crippen molar-refractivity contribution >= 4 is 11.6 Å². The fourth-order valence-corrected chi connectivity index (χ4v) is 3.76. The number of rotatable bonds is 10. The van der Waals surface area contributed by atoms with Crippen LogP contribution in [-0.4, -0.2) is 34.7 Å². The number of hydrogen-bond donors (Lipinski definition) is 3. The molecule has 1 amide bonds. The molecular formula is C24H22F4N6O2. The predicted molar refractivity (Wildman–Crippen MR) is 124 cm³/mol. The average Bonchev–Trinajstić information content (AvgIpc) is 2.83. The van der Waals surface area contributed by atoms with Gasteiger partial charge in [-0.3, -0.25) is 9.78 Å². The Bertz CT molecular complexity index is 1250. The summed E-state index contributed by atoms with van der Waals surface area (Å²) in [6.07, 6.45) is 2.37. The number of aliphatic hydroxyl groups excluding tert-OH is 1. The Morgan fingerprint density at radius 2 is 1.72 bits per heavy atom. The molecule has 0 aliphatic heterocycles. The Morgan fingerprint density at radius 3 is 2.33 bits per heavy atom. The average molecular weight is 502 g/mol. The lowest BCUT2D eigenvalue weighted by Crippen LogP contribution is -2.33. The van der Waals surface area contributed by atoms with Crippen LogP contribution in [0.25, 0.3) is 10.4 Å². The third-order valence-corrected chi connectivity index (χ3v) is 5.50. The van der Waals surface area contributed by atoms with Crippen LogP contribution < -0.4 is 11.1 Å². The van der Waals surface area contributed by atoms with E-state index in [1.54, 1.807) is 0 Å². The highest BCUT2D eigenvalue weighted by molar-refractivity contribution is 5.96. The number of pyridine rings is 1. The highest BCUT2D eigenvalue weighted by atomic mass is 19.1. The molecule has 2 unspecified atom stereocenters. The van der Waals surface area contributed by atoms with Gasteiger partial charge in [-0.05, 0) is 53.8 Å². The summed E-state index contributed by atoms with van der Waals surface area (Å²) in [5.41, 5.74) is 15.1. The van der Waals surface area contributed by atoms with E-state index in [0.29, 0.717) is 6.07 Å². The van der Waals surface area contributed by atoms with Crippen molar-refractivity contribution in [2.45, 2.75) is 30.8 Å². The Labute approximate surface area is 203 Å². The van der Waals surface area contributed by atoms with Crippen molar-refractivity contribution in [3.8, 4) is 0 Å². The number of nitrogens with two attached hydrogens (primary N) is 1. The number of carbonyl (C=O) groups is 1. The van der Waals surface area contributed by atoms with Crippen molar-refractivity contribution in [2.24, 2.45) is 10.8 Å². The molecule has 8 nitrogen and oxygen atoms in total. The number of azide groups is 1. The summed E-state index contributed by atoms with van der Waals surface area (Å²) in [6.45, 7) is -0.323. The van der Waals surface area contributed by atoms with Gasteiger partial charge in [0, 0.05) is 28.5 Å². The van der Waals surface area contributed by atoms with Gasteiger partial charge in [-0.1, -0.05) is 17.2 Å². The smallest absolute Gasteiger partial charge is 0.234 e. The monoisotopic (exact) mass is 502 g/mol. The number of carbonyl (C=O) groups excluding carboxylic acids is 1. The SMILES string of the molecule is [N-]=[N+]=NC(C(=O)Nc1cncc(F)c1CC[C@H](N)CO)C(c1ccc(F)cc1)c1cc(F)cc(F)c1. The van der Waals surface area contributed by atoms with E-state index >= 15 is 0 Å². The van der Waals surface area contributed by atoms with Crippen LogP contribution in [0.3, 0.4) is 0 Å². The van der Waals surface area contributed by atoms with Crippen LogP contribution in [0.5, 0.6) is 0 Å². The lowest BCUT2D eigenvalue weighted by Gasteiger charge is -2.25. The fourth-order valence-electron chi connectivity index (χ4n) is 3.76. The molecule has 0 saturated carbocycles. The Balaban J connectivity index is 2.04. The van der Waals surface area contributed by atoms with Crippen molar-refractivity contribution in [3.63, 3.8) is 0 Å². The van der Waals surface area contributed by atoms with E-state index in [-0.39, 0.29) is 41.8 Å². The normalized spacial score (nSPS) is 13.4. The van der Waals surface area contributed by atoms with E-state index in [2.05, 4.69) is 20.3 Å². The summed E-state index contributed by atoms with van der Waals surface area (Å²) in [5.74, 6) is -5.35. The number of hydrogen-bond acceptors (Lipinski definition) is 5. The molecule has 4 N–H and O–H groups in total. The zero-order valence-corrected chi connectivity index (χ0v) is 18.8. The van der Waals surface area contributed by atoms with Gasteiger partial charge in [-0.15, -0.1) is 0 Å². The van der Waals surface area contributed by atoms with Gasteiger partial charge < -0.3 is 16.2 Å². The van der Waals surface area contributed by atoms with Gasteiger partial charge in [0.25, 0.3) is 0 Å². The summed E-state index contributed by atoms with van der Waals surface area (Å²) >= 11 is 0. The molecule has 12 heteroatoms. The molecule has 0 radical (unpaired) electrons. The number of nitrogens with one attached hydrogen (secondary N) is 1. The first kappa shape index (κ1) is 26.6. The largest absolute Gasteiger partial charge is 0.395 e. The second kappa shape index (κ2) is 12.1. The van der Waals surface area contributed by atoms with Crippen molar-refractivity contribution < 1.29 is 27.5 Å². The molecule has 36 heavy (non-hydrogen) atoms. The quantitative estimate of drug-likeness (QED) is 0.164. The van der Waals surface area contributed by atoms with E-state index in [4.69, 9.17) is 10.8 Å². The number of nitrogens with zero attached hydrogens (tertiary/aromatic N) is 4. The first-order valence-electron chi connectivity index (χ1n) is 10.8. The molecule has 0 bridgehead atoms. The Morgan fingerprint density at radius 1 is 1.06 bits per heavy atom. The molecule has 0 aliphatic rings. The molecule has 3 atom stereocenters. The van der Waals surface area contributed by atoms with E-state index in [1.807, 2.05) is 0 Å². The Hall–Kier alpha value is -3.99. The highest BCUT2D eigenvalue weighted by Crippen LogP contribution is 2.33. The minimum absolute atomic E-state index is 0.0356. The molecule has 1 aromatic heterocycles. The lowest BCUT2D eigenvalue weighted by molar-refractivity contribution is -0.117. The summed E-state index contributed by atoms with van der Waals surface area (Å²) in [4.78, 5) is 19.8. The van der Waals surface area contributed by atoms with Crippen LogP contribution in [0, 0.1) is 23.3 Å². The van der Waals surface area contributed by atoms with Gasteiger partial charge in [0.15, 0.2) is 0 Å². The molecule has 0 saturated heterocycles. The molecular weight excluding hydrogens is 480 g/mol. The van der Waals surface area contributed by atoms with Crippen LogP contribution in [0.2, 0.25) is 0 Å². The van der Waals surface area contributed by atoms with Crippen molar-refractivity contribution in [3.05, 3.63) is 105 Å². The maximum absolute atomic E-state index is 14.5. The molecule has 0 fully saturated rings. The molecule has 0 aliphatic carbocycles. The first-order chi connectivity index (χ1) is 17.2. The number of halogens is 4. The summed E-state index contributed by atoms with van der Waals surface area (Å²) < 4.78 is 56.2. The first-order valence-corrected chi connectivity index (χ1v) is 10.8. The van der Waals surface area contributed by atoms with Crippen LogP contribution in [0.1, 0.15) is 29.0 Å². The van der Waals surface area contributed by atoms with Crippen LogP contribution in [-0.2, 0) is 11.2 Å². The van der Waals surface area contributed by atoms with Gasteiger partial charge in [0.05, 0.1) is 24.7 Å². The van der Waals surface area contributed by atoms with E-state index < -0.39 is 47.2 Å². The number of benzene rings is 2.